The number of carbonyl (C=O) groups excluding carboxylic acids is 1. The van der Waals surface area contributed by atoms with E-state index in [0.717, 1.165) is 11.4 Å². The predicted octanol–water partition coefficient (Wildman–Crippen LogP) is 1.90. The largest absolute Gasteiger partial charge is 0.497 e. The van der Waals surface area contributed by atoms with E-state index in [-0.39, 0.29) is 10.8 Å². The number of aryl methyl sites for hydroxylation is 1. The number of amides is 1. The molecule has 0 spiro atoms. The van der Waals surface area contributed by atoms with Crippen molar-refractivity contribution >= 4 is 32.4 Å². The number of carbonyl (C=O) groups is 1. The van der Waals surface area contributed by atoms with Gasteiger partial charge in [0.25, 0.3) is 0 Å². The van der Waals surface area contributed by atoms with Gasteiger partial charge >= 0.3 is 0 Å². The van der Waals surface area contributed by atoms with Crippen molar-refractivity contribution in [2.24, 2.45) is 0 Å². The van der Waals surface area contributed by atoms with E-state index in [4.69, 9.17) is 4.74 Å². The van der Waals surface area contributed by atoms with Crippen molar-refractivity contribution in [1.82, 2.24) is 14.5 Å². The Bertz CT molecular complexity index is 880. The van der Waals surface area contributed by atoms with Gasteiger partial charge < -0.3 is 4.74 Å². The summed E-state index contributed by atoms with van der Waals surface area (Å²) in [5.41, 5.74) is 0. The molecule has 1 atom stereocenters. The molecule has 140 valence electrons. The zero-order valence-corrected chi connectivity index (χ0v) is 16.1. The number of ether oxygens (including phenoxy) is 1. The number of hydrogen-bond acceptors (Lipinski definition) is 7. The maximum Gasteiger partial charge on any atom is 0.244 e. The number of aromatic nitrogens is 2. The summed E-state index contributed by atoms with van der Waals surface area (Å²) < 4.78 is 32.2. The molecule has 1 aromatic carbocycles. The van der Waals surface area contributed by atoms with Gasteiger partial charge in [0.1, 0.15) is 16.8 Å². The highest BCUT2D eigenvalue weighted by Crippen LogP contribution is 2.28. The molecular weight excluding hydrogens is 376 g/mol. The molecule has 26 heavy (non-hydrogen) atoms. The van der Waals surface area contributed by atoms with E-state index >= 15 is 0 Å². The van der Waals surface area contributed by atoms with Gasteiger partial charge in [-0.15, -0.1) is 10.2 Å². The minimum Gasteiger partial charge on any atom is -0.497 e. The van der Waals surface area contributed by atoms with Gasteiger partial charge in [-0.25, -0.2) is 8.42 Å². The predicted molar refractivity (Wildman–Crippen MR) is 97.8 cm³/mol. The fourth-order valence-corrected chi connectivity index (χ4v) is 5.15. The Labute approximate surface area is 156 Å². The number of methoxy groups -OCH3 is 1. The van der Waals surface area contributed by atoms with Crippen molar-refractivity contribution in [2.45, 2.75) is 37.1 Å². The summed E-state index contributed by atoms with van der Waals surface area (Å²) >= 11 is 1.29. The van der Waals surface area contributed by atoms with Gasteiger partial charge in [-0.05, 0) is 43.5 Å². The number of anilines is 1. The van der Waals surface area contributed by atoms with Crippen LogP contribution in [0.2, 0.25) is 0 Å². The summed E-state index contributed by atoms with van der Waals surface area (Å²) in [6, 6.07) is 5.40. The first-order valence-electron chi connectivity index (χ1n) is 8.25. The first-order chi connectivity index (χ1) is 12.5. The molecule has 2 heterocycles. The molecule has 1 N–H and O–H groups in total. The van der Waals surface area contributed by atoms with Crippen LogP contribution in [0, 0.1) is 0 Å². The molecule has 0 saturated carbocycles. The lowest BCUT2D eigenvalue weighted by molar-refractivity contribution is -0.119. The van der Waals surface area contributed by atoms with Crippen LogP contribution in [0.4, 0.5) is 5.13 Å². The molecule has 1 aromatic heterocycles. The Morgan fingerprint density at radius 1 is 1.35 bits per heavy atom. The summed E-state index contributed by atoms with van der Waals surface area (Å²) in [5, 5.41) is 11.8. The first kappa shape index (κ1) is 18.7. The Kier molecular flexibility index (Phi) is 5.54. The molecule has 1 aliphatic rings. The Morgan fingerprint density at radius 2 is 2.08 bits per heavy atom. The van der Waals surface area contributed by atoms with Gasteiger partial charge in [-0.3, -0.25) is 10.1 Å². The third-order valence-corrected chi connectivity index (χ3v) is 7.08. The second kappa shape index (κ2) is 7.68. The minimum atomic E-state index is -3.77. The van der Waals surface area contributed by atoms with Crippen LogP contribution in [-0.4, -0.2) is 48.5 Å². The molecule has 2 aromatic rings. The lowest BCUT2D eigenvalue weighted by Crippen LogP contribution is -2.43. The SMILES string of the molecule is CCc1nnc(NC(=O)[C@H]2CCCN2S(=O)(=O)c2ccc(OC)cc2)s1. The number of nitrogens with one attached hydrogen (secondary N) is 1. The van der Waals surface area contributed by atoms with Gasteiger partial charge in [0.05, 0.1) is 12.0 Å². The molecule has 0 bridgehead atoms. The zero-order chi connectivity index (χ0) is 18.7. The first-order valence-corrected chi connectivity index (χ1v) is 10.5. The monoisotopic (exact) mass is 396 g/mol. The summed E-state index contributed by atoms with van der Waals surface area (Å²) in [7, 11) is -2.25. The summed E-state index contributed by atoms with van der Waals surface area (Å²) in [5.74, 6) is 0.195. The van der Waals surface area contributed by atoms with E-state index in [1.54, 1.807) is 12.1 Å². The second-order valence-corrected chi connectivity index (χ2v) is 8.75. The average Bonchev–Trinajstić information content (AvgIpc) is 3.31. The average molecular weight is 396 g/mol. The number of sulfonamides is 1. The lowest BCUT2D eigenvalue weighted by atomic mass is 10.2. The van der Waals surface area contributed by atoms with Crippen molar-refractivity contribution in [3.8, 4) is 5.75 Å². The molecule has 1 fully saturated rings. The summed E-state index contributed by atoms with van der Waals surface area (Å²) in [6.07, 6.45) is 1.83. The van der Waals surface area contributed by atoms with E-state index < -0.39 is 16.1 Å². The molecule has 0 unspecified atom stereocenters. The molecule has 0 radical (unpaired) electrons. The van der Waals surface area contributed by atoms with E-state index in [9.17, 15) is 13.2 Å². The topological polar surface area (TPSA) is 101 Å². The summed E-state index contributed by atoms with van der Waals surface area (Å²) in [4.78, 5) is 12.7. The molecule has 1 saturated heterocycles. The van der Waals surface area contributed by atoms with Crippen LogP contribution in [0.5, 0.6) is 5.75 Å². The number of nitrogens with zero attached hydrogens (tertiary/aromatic N) is 3. The summed E-state index contributed by atoms with van der Waals surface area (Å²) in [6.45, 7) is 2.26. The molecule has 1 aliphatic heterocycles. The van der Waals surface area contributed by atoms with Crippen LogP contribution in [0.15, 0.2) is 29.2 Å². The van der Waals surface area contributed by atoms with Crippen LogP contribution in [0.3, 0.4) is 0 Å². The molecule has 1 amide bonds. The maximum atomic E-state index is 12.9. The fraction of sp³-hybridized carbons (Fsp3) is 0.438. The highest BCUT2D eigenvalue weighted by atomic mass is 32.2. The van der Waals surface area contributed by atoms with Crippen LogP contribution >= 0.6 is 11.3 Å². The fourth-order valence-electron chi connectivity index (χ4n) is 2.81. The number of benzene rings is 1. The molecular formula is C16H20N4O4S2. The molecule has 10 heteroatoms. The lowest BCUT2D eigenvalue weighted by Gasteiger charge is -2.23. The normalized spacial score (nSPS) is 18.0. The van der Waals surface area contributed by atoms with Gasteiger partial charge in [-0.1, -0.05) is 18.3 Å². The number of hydrogen-bond donors (Lipinski definition) is 1. The number of rotatable bonds is 6. The third-order valence-electron chi connectivity index (χ3n) is 4.17. The van der Waals surface area contributed by atoms with Crippen LogP contribution in [-0.2, 0) is 21.2 Å². The van der Waals surface area contributed by atoms with Crippen LogP contribution < -0.4 is 10.1 Å². The Hall–Kier alpha value is -2.04. The van der Waals surface area contributed by atoms with E-state index in [1.165, 1.54) is 34.9 Å². The van der Waals surface area contributed by atoms with Crippen molar-refractivity contribution in [3.63, 3.8) is 0 Å². The van der Waals surface area contributed by atoms with Crippen molar-refractivity contribution < 1.29 is 17.9 Å². The van der Waals surface area contributed by atoms with Gasteiger partial charge in [0, 0.05) is 6.54 Å². The quantitative estimate of drug-likeness (QED) is 0.800. The van der Waals surface area contributed by atoms with Gasteiger partial charge in [0.2, 0.25) is 21.1 Å². The van der Waals surface area contributed by atoms with E-state index in [2.05, 4.69) is 15.5 Å². The Balaban J connectivity index is 1.78. The van der Waals surface area contributed by atoms with Crippen molar-refractivity contribution in [2.75, 3.05) is 19.0 Å². The van der Waals surface area contributed by atoms with E-state index in [1.807, 2.05) is 6.92 Å². The molecule has 0 aliphatic carbocycles. The third kappa shape index (κ3) is 3.71. The smallest absolute Gasteiger partial charge is 0.244 e. The van der Waals surface area contributed by atoms with Crippen LogP contribution in [0.25, 0.3) is 0 Å². The Morgan fingerprint density at radius 3 is 2.69 bits per heavy atom. The molecule has 8 nitrogen and oxygen atoms in total. The van der Waals surface area contributed by atoms with Crippen molar-refractivity contribution in [1.29, 1.82) is 0 Å². The zero-order valence-electron chi connectivity index (χ0n) is 14.5. The second-order valence-electron chi connectivity index (χ2n) is 5.79. The maximum absolute atomic E-state index is 12.9. The van der Waals surface area contributed by atoms with Crippen LogP contribution in [0.1, 0.15) is 24.8 Å². The van der Waals surface area contributed by atoms with Crippen molar-refractivity contribution in [3.05, 3.63) is 29.3 Å². The highest BCUT2D eigenvalue weighted by molar-refractivity contribution is 7.89. The highest BCUT2D eigenvalue weighted by Gasteiger charge is 2.39. The standard InChI is InChI=1S/C16H20N4O4S2/c1-3-14-18-19-16(25-14)17-15(21)13-5-4-10-20(13)26(22,23)12-8-6-11(24-2)7-9-12/h6-9,13H,3-5,10H2,1-2H3,(H,17,19,21)/t13-/m1/s1. The van der Waals surface area contributed by atoms with Gasteiger partial charge in [-0.2, -0.15) is 4.31 Å². The minimum absolute atomic E-state index is 0.141. The van der Waals surface area contributed by atoms with E-state index in [0.29, 0.717) is 30.3 Å². The molecule has 3 rings (SSSR count). The van der Waals surface area contributed by atoms with Gasteiger partial charge in [0.15, 0.2) is 0 Å².